The Morgan fingerprint density at radius 3 is 2.71 bits per heavy atom. The summed E-state index contributed by atoms with van der Waals surface area (Å²) in [5.74, 6) is -0.742. The molecule has 1 N–H and O–H groups in total. The third-order valence-corrected chi connectivity index (χ3v) is 4.14. The fourth-order valence-corrected chi connectivity index (χ4v) is 2.68. The lowest BCUT2D eigenvalue weighted by molar-refractivity contribution is -0.139. The van der Waals surface area contributed by atoms with Gasteiger partial charge >= 0.3 is 12.0 Å². The van der Waals surface area contributed by atoms with E-state index in [0.29, 0.717) is 18.1 Å². The van der Waals surface area contributed by atoms with Gasteiger partial charge in [-0.25, -0.2) is 4.79 Å². The van der Waals surface area contributed by atoms with Crippen LogP contribution in [0.5, 0.6) is 0 Å². The molecule has 1 aromatic rings. The highest BCUT2D eigenvalue weighted by atomic mass is 35.5. The molecule has 1 unspecified atom stereocenters. The number of halogens is 1. The van der Waals surface area contributed by atoms with Crippen molar-refractivity contribution in [2.24, 2.45) is 5.92 Å². The zero-order chi connectivity index (χ0) is 15.6. The number of hydrogen-bond donors (Lipinski definition) is 1. The first-order valence-corrected chi connectivity index (χ1v) is 7.25. The van der Waals surface area contributed by atoms with Crippen molar-refractivity contribution in [3.63, 3.8) is 0 Å². The number of likely N-dealkylation sites (tertiary alicyclic amines) is 1. The van der Waals surface area contributed by atoms with Crippen molar-refractivity contribution >= 4 is 23.6 Å². The molecule has 114 valence electrons. The molecule has 0 saturated carbocycles. The van der Waals surface area contributed by atoms with Crippen LogP contribution in [0.3, 0.4) is 0 Å². The van der Waals surface area contributed by atoms with Crippen LogP contribution in [-0.2, 0) is 4.79 Å². The summed E-state index contributed by atoms with van der Waals surface area (Å²) < 4.78 is 0. The minimum absolute atomic E-state index is 0.0707. The molecule has 1 heterocycles. The summed E-state index contributed by atoms with van der Waals surface area (Å²) in [5, 5.41) is 9.36. The van der Waals surface area contributed by atoms with Crippen LogP contribution in [0.4, 0.5) is 4.79 Å². The van der Waals surface area contributed by atoms with Crippen LogP contribution < -0.4 is 0 Å². The number of carboxylic acids is 1. The lowest BCUT2D eigenvalue weighted by atomic mass is 9.97. The minimum Gasteiger partial charge on any atom is -0.481 e. The Morgan fingerprint density at radius 1 is 1.48 bits per heavy atom. The molecule has 0 bridgehead atoms. The van der Waals surface area contributed by atoms with E-state index < -0.39 is 5.97 Å². The Morgan fingerprint density at radius 2 is 2.14 bits per heavy atom. The second kappa shape index (κ2) is 6.35. The maximum Gasteiger partial charge on any atom is 0.320 e. The van der Waals surface area contributed by atoms with Crippen molar-refractivity contribution in [3.8, 4) is 0 Å². The molecule has 1 aromatic carbocycles. The quantitative estimate of drug-likeness (QED) is 0.930. The summed E-state index contributed by atoms with van der Waals surface area (Å²) in [6, 6.07) is 7.27. The number of carbonyl (C=O) groups is 2. The van der Waals surface area contributed by atoms with Crippen LogP contribution >= 0.6 is 11.6 Å². The van der Waals surface area contributed by atoms with E-state index in [-0.39, 0.29) is 24.4 Å². The van der Waals surface area contributed by atoms with Gasteiger partial charge < -0.3 is 14.9 Å². The molecule has 21 heavy (non-hydrogen) atoms. The van der Waals surface area contributed by atoms with Gasteiger partial charge in [-0.3, -0.25) is 4.79 Å². The monoisotopic (exact) mass is 310 g/mol. The van der Waals surface area contributed by atoms with Gasteiger partial charge in [0.1, 0.15) is 0 Å². The van der Waals surface area contributed by atoms with Crippen LogP contribution in [0.25, 0.3) is 0 Å². The molecule has 6 heteroatoms. The number of carboxylic acid groups (broad SMARTS) is 1. The van der Waals surface area contributed by atoms with Gasteiger partial charge in [-0.05, 0) is 24.6 Å². The number of amides is 2. The standard InChI is InChI=1S/C15H19ClN2O3/c1-10(12-4-3-5-13(16)7-12)17(2)15(21)18-8-11(9-18)6-14(19)20/h3-5,7,10-11H,6,8-9H2,1-2H3,(H,19,20). The zero-order valence-corrected chi connectivity index (χ0v) is 12.9. The van der Waals surface area contributed by atoms with E-state index in [1.807, 2.05) is 25.1 Å². The van der Waals surface area contributed by atoms with Crippen LogP contribution in [-0.4, -0.2) is 47.0 Å². The molecule has 1 atom stereocenters. The first-order valence-electron chi connectivity index (χ1n) is 6.87. The number of aliphatic carboxylic acids is 1. The molecule has 1 aliphatic heterocycles. The third kappa shape index (κ3) is 3.67. The third-order valence-electron chi connectivity index (χ3n) is 3.90. The number of benzene rings is 1. The van der Waals surface area contributed by atoms with Gasteiger partial charge in [0.15, 0.2) is 0 Å². The molecule has 0 radical (unpaired) electrons. The van der Waals surface area contributed by atoms with E-state index >= 15 is 0 Å². The summed E-state index contributed by atoms with van der Waals surface area (Å²) >= 11 is 5.97. The second-order valence-corrected chi connectivity index (χ2v) is 5.93. The van der Waals surface area contributed by atoms with Crippen molar-refractivity contribution in [1.82, 2.24) is 9.80 Å². The maximum absolute atomic E-state index is 12.3. The highest BCUT2D eigenvalue weighted by Crippen LogP contribution is 2.26. The summed E-state index contributed by atoms with van der Waals surface area (Å²) in [7, 11) is 1.75. The van der Waals surface area contributed by atoms with Gasteiger partial charge in [0.05, 0.1) is 12.5 Å². The van der Waals surface area contributed by atoms with Gasteiger partial charge in [0, 0.05) is 31.1 Å². The number of nitrogens with zero attached hydrogens (tertiary/aromatic N) is 2. The second-order valence-electron chi connectivity index (χ2n) is 5.49. The average Bonchev–Trinajstić information content (AvgIpc) is 2.39. The lowest BCUT2D eigenvalue weighted by Gasteiger charge is -2.42. The fraction of sp³-hybridized carbons (Fsp3) is 0.467. The predicted molar refractivity (Wildman–Crippen MR) is 80.3 cm³/mol. The van der Waals surface area contributed by atoms with Gasteiger partial charge in [-0.15, -0.1) is 0 Å². The minimum atomic E-state index is -0.812. The van der Waals surface area contributed by atoms with Crippen LogP contribution in [0.2, 0.25) is 5.02 Å². The summed E-state index contributed by atoms with van der Waals surface area (Å²) in [4.78, 5) is 26.3. The largest absolute Gasteiger partial charge is 0.481 e. The topological polar surface area (TPSA) is 60.9 Å². The Hall–Kier alpha value is -1.75. The first kappa shape index (κ1) is 15.6. The van der Waals surface area contributed by atoms with E-state index in [1.54, 1.807) is 22.9 Å². The van der Waals surface area contributed by atoms with Crippen LogP contribution in [0.15, 0.2) is 24.3 Å². The van der Waals surface area contributed by atoms with Crippen molar-refractivity contribution in [2.45, 2.75) is 19.4 Å². The average molecular weight is 311 g/mol. The van der Waals surface area contributed by atoms with Crippen LogP contribution in [0, 0.1) is 5.92 Å². The molecular weight excluding hydrogens is 292 g/mol. The van der Waals surface area contributed by atoms with Crippen molar-refractivity contribution in [1.29, 1.82) is 0 Å². The summed E-state index contributed by atoms with van der Waals surface area (Å²) in [6.45, 7) is 2.97. The molecule has 1 aliphatic rings. The molecule has 5 nitrogen and oxygen atoms in total. The molecule has 1 fully saturated rings. The van der Waals surface area contributed by atoms with E-state index in [2.05, 4.69) is 0 Å². The number of urea groups is 1. The molecule has 2 amide bonds. The summed E-state index contributed by atoms with van der Waals surface area (Å²) in [6.07, 6.45) is 0.122. The van der Waals surface area contributed by atoms with Gasteiger partial charge in [-0.2, -0.15) is 0 Å². The van der Waals surface area contributed by atoms with E-state index in [0.717, 1.165) is 5.56 Å². The summed E-state index contributed by atoms with van der Waals surface area (Å²) in [5.41, 5.74) is 0.973. The SMILES string of the molecule is CC(c1cccc(Cl)c1)N(C)C(=O)N1CC(CC(=O)O)C1. The van der Waals surface area contributed by atoms with Gasteiger partial charge in [0.2, 0.25) is 0 Å². The Balaban J connectivity index is 1.93. The number of carbonyl (C=O) groups excluding carboxylic acids is 1. The molecular formula is C15H19ClN2O3. The first-order chi connectivity index (χ1) is 9.88. The highest BCUT2D eigenvalue weighted by molar-refractivity contribution is 6.30. The van der Waals surface area contributed by atoms with E-state index in [9.17, 15) is 9.59 Å². The molecule has 0 aliphatic carbocycles. The Kier molecular flexibility index (Phi) is 4.73. The molecule has 2 rings (SSSR count). The van der Waals surface area contributed by atoms with Crippen LogP contribution in [0.1, 0.15) is 24.9 Å². The normalized spacial score (nSPS) is 16.2. The maximum atomic E-state index is 12.3. The molecule has 0 spiro atoms. The van der Waals surface area contributed by atoms with E-state index in [4.69, 9.17) is 16.7 Å². The Bertz CT molecular complexity index is 543. The molecule has 1 saturated heterocycles. The zero-order valence-electron chi connectivity index (χ0n) is 12.1. The van der Waals surface area contributed by atoms with E-state index in [1.165, 1.54) is 0 Å². The van der Waals surface area contributed by atoms with Gasteiger partial charge in [0.25, 0.3) is 0 Å². The fourth-order valence-electron chi connectivity index (χ4n) is 2.48. The smallest absolute Gasteiger partial charge is 0.320 e. The lowest BCUT2D eigenvalue weighted by Crippen LogP contribution is -2.54. The highest BCUT2D eigenvalue weighted by Gasteiger charge is 2.34. The Labute approximate surface area is 129 Å². The van der Waals surface area contributed by atoms with Crippen molar-refractivity contribution < 1.29 is 14.7 Å². The number of hydrogen-bond acceptors (Lipinski definition) is 2. The van der Waals surface area contributed by atoms with Crippen molar-refractivity contribution in [3.05, 3.63) is 34.9 Å². The predicted octanol–water partition coefficient (Wildman–Crippen LogP) is 2.86. The number of rotatable bonds is 4. The molecule has 0 aromatic heterocycles. The van der Waals surface area contributed by atoms with Gasteiger partial charge in [-0.1, -0.05) is 23.7 Å². The van der Waals surface area contributed by atoms with Crippen molar-refractivity contribution in [2.75, 3.05) is 20.1 Å².